The molecule has 3 amide bonds. The molecule has 2 rings (SSSR count). The fourth-order valence-electron chi connectivity index (χ4n) is 3.08. The third-order valence-corrected chi connectivity index (χ3v) is 4.08. The van der Waals surface area contributed by atoms with Gasteiger partial charge in [0, 0.05) is 19.1 Å². The molecule has 2 fully saturated rings. The highest BCUT2D eigenvalue weighted by Gasteiger charge is 2.35. The van der Waals surface area contributed by atoms with Gasteiger partial charge < -0.3 is 15.5 Å². The lowest BCUT2D eigenvalue weighted by Gasteiger charge is -2.38. The molecule has 0 spiro atoms. The summed E-state index contributed by atoms with van der Waals surface area (Å²) < 4.78 is 0. The van der Waals surface area contributed by atoms with Gasteiger partial charge in [-0.05, 0) is 18.8 Å². The summed E-state index contributed by atoms with van der Waals surface area (Å²) >= 11 is 0. The summed E-state index contributed by atoms with van der Waals surface area (Å²) in [7, 11) is 0. The maximum Gasteiger partial charge on any atom is 0.318 e. The van der Waals surface area contributed by atoms with Crippen molar-refractivity contribution in [2.24, 2.45) is 5.92 Å². The number of nitrogens with one attached hydrogen (secondary N) is 2. The summed E-state index contributed by atoms with van der Waals surface area (Å²) in [5.74, 6) is 0.109. The molecule has 0 aromatic carbocycles. The number of hydrogen-bond acceptors (Lipinski definition) is 2. The molecule has 0 radical (unpaired) electrons. The van der Waals surface area contributed by atoms with Crippen molar-refractivity contribution >= 4 is 11.9 Å². The highest BCUT2D eigenvalue weighted by atomic mass is 16.2. The lowest BCUT2D eigenvalue weighted by Crippen LogP contribution is -2.62. The summed E-state index contributed by atoms with van der Waals surface area (Å²) in [4.78, 5) is 26.0. The topological polar surface area (TPSA) is 61.4 Å². The molecule has 1 saturated heterocycles. The molecule has 0 aromatic heterocycles. The second-order valence-corrected chi connectivity index (χ2v) is 5.96. The smallest absolute Gasteiger partial charge is 0.318 e. The minimum Gasteiger partial charge on any atom is -0.353 e. The first-order chi connectivity index (χ1) is 9.09. The van der Waals surface area contributed by atoms with Crippen molar-refractivity contribution in [2.45, 2.75) is 58.0 Å². The quantitative estimate of drug-likeness (QED) is 0.796. The predicted molar refractivity (Wildman–Crippen MR) is 73.7 cm³/mol. The molecule has 5 nitrogen and oxygen atoms in total. The third kappa shape index (κ3) is 3.39. The molecule has 1 aliphatic heterocycles. The fourth-order valence-corrected chi connectivity index (χ4v) is 3.08. The molecule has 5 heteroatoms. The molecule has 0 bridgehead atoms. The highest BCUT2D eigenvalue weighted by Crippen LogP contribution is 2.19. The monoisotopic (exact) mass is 267 g/mol. The number of nitrogens with zero attached hydrogens (tertiary/aromatic N) is 1. The highest BCUT2D eigenvalue weighted by molar-refractivity contribution is 5.88. The molecule has 1 aliphatic carbocycles. The zero-order valence-electron chi connectivity index (χ0n) is 11.9. The first-order valence-electron chi connectivity index (χ1n) is 7.44. The second kappa shape index (κ2) is 6.26. The molecule has 1 atom stereocenters. The predicted octanol–water partition coefficient (Wildman–Crippen LogP) is 1.49. The van der Waals surface area contributed by atoms with Gasteiger partial charge in [0.2, 0.25) is 5.91 Å². The van der Waals surface area contributed by atoms with Crippen LogP contribution in [0.4, 0.5) is 4.79 Å². The van der Waals surface area contributed by atoms with E-state index in [0.29, 0.717) is 19.1 Å². The van der Waals surface area contributed by atoms with E-state index in [1.165, 1.54) is 19.3 Å². The van der Waals surface area contributed by atoms with Gasteiger partial charge in [-0.2, -0.15) is 0 Å². The van der Waals surface area contributed by atoms with E-state index in [-0.39, 0.29) is 23.9 Å². The Morgan fingerprint density at radius 2 is 2.00 bits per heavy atom. The summed E-state index contributed by atoms with van der Waals surface area (Å²) in [5.41, 5.74) is 0. The Morgan fingerprint density at radius 3 is 2.63 bits per heavy atom. The Labute approximate surface area is 115 Å². The van der Waals surface area contributed by atoms with Crippen molar-refractivity contribution in [3.8, 4) is 0 Å². The number of amides is 3. The van der Waals surface area contributed by atoms with Gasteiger partial charge in [-0.1, -0.05) is 33.1 Å². The Bertz CT molecular complexity index is 338. The van der Waals surface area contributed by atoms with Crippen LogP contribution >= 0.6 is 0 Å². The van der Waals surface area contributed by atoms with Crippen molar-refractivity contribution < 1.29 is 9.59 Å². The fraction of sp³-hybridized carbons (Fsp3) is 0.857. The lowest BCUT2D eigenvalue weighted by atomic mass is 9.95. The molecular formula is C14H25N3O2. The first kappa shape index (κ1) is 14.2. The van der Waals surface area contributed by atoms with Crippen LogP contribution in [0, 0.1) is 5.92 Å². The SMILES string of the molecule is CC(C)C1C(=O)NCCN1C(=O)NC1CCCCC1. The van der Waals surface area contributed by atoms with Crippen LogP contribution in [-0.2, 0) is 4.79 Å². The minimum absolute atomic E-state index is 0.0277. The minimum atomic E-state index is -0.336. The number of hydrogen-bond donors (Lipinski definition) is 2. The summed E-state index contributed by atoms with van der Waals surface area (Å²) in [5, 5.41) is 5.94. The summed E-state index contributed by atoms with van der Waals surface area (Å²) in [6, 6.07) is -0.114. The Balaban J connectivity index is 1.97. The van der Waals surface area contributed by atoms with Gasteiger partial charge in [-0.15, -0.1) is 0 Å². The number of urea groups is 1. The Kier molecular flexibility index (Phi) is 4.66. The zero-order chi connectivity index (χ0) is 13.8. The number of piperazine rings is 1. The lowest BCUT2D eigenvalue weighted by molar-refractivity contribution is -0.129. The van der Waals surface area contributed by atoms with Gasteiger partial charge in [-0.3, -0.25) is 4.79 Å². The zero-order valence-corrected chi connectivity index (χ0v) is 11.9. The van der Waals surface area contributed by atoms with Crippen LogP contribution in [0.3, 0.4) is 0 Å². The van der Waals surface area contributed by atoms with Crippen molar-refractivity contribution in [3.05, 3.63) is 0 Å². The van der Waals surface area contributed by atoms with Gasteiger partial charge in [0.25, 0.3) is 0 Å². The molecule has 2 N–H and O–H groups in total. The van der Waals surface area contributed by atoms with E-state index in [0.717, 1.165) is 12.8 Å². The average molecular weight is 267 g/mol. The molecule has 0 aromatic rings. The standard InChI is InChI=1S/C14H25N3O2/c1-10(2)12-13(18)15-8-9-17(12)14(19)16-11-6-4-3-5-7-11/h10-12H,3-9H2,1-2H3,(H,15,18)(H,16,19). The van der Waals surface area contributed by atoms with E-state index >= 15 is 0 Å². The van der Waals surface area contributed by atoms with Crippen molar-refractivity contribution in [2.75, 3.05) is 13.1 Å². The average Bonchev–Trinajstić information content (AvgIpc) is 2.39. The molecule has 19 heavy (non-hydrogen) atoms. The van der Waals surface area contributed by atoms with Crippen LogP contribution in [0.1, 0.15) is 46.0 Å². The van der Waals surface area contributed by atoms with Gasteiger partial charge in [0.1, 0.15) is 6.04 Å². The van der Waals surface area contributed by atoms with Crippen LogP contribution in [-0.4, -0.2) is 42.0 Å². The van der Waals surface area contributed by atoms with Gasteiger partial charge in [0.15, 0.2) is 0 Å². The van der Waals surface area contributed by atoms with Crippen molar-refractivity contribution in [3.63, 3.8) is 0 Å². The Morgan fingerprint density at radius 1 is 1.32 bits per heavy atom. The molecule has 108 valence electrons. The summed E-state index contributed by atoms with van der Waals surface area (Å²) in [6.45, 7) is 5.13. The van der Waals surface area contributed by atoms with Crippen LogP contribution in [0.15, 0.2) is 0 Å². The molecule has 1 saturated carbocycles. The van der Waals surface area contributed by atoms with Crippen LogP contribution in [0.2, 0.25) is 0 Å². The second-order valence-electron chi connectivity index (χ2n) is 5.96. The van der Waals surface area contributed by atoms with E-state index in [1.54, 1.807) is 4.90 Å². The van der Waals surface area contributed by atoms with Crippen molar-refractivity contribution in [1.29, 1.82) is 0 Å². The molecule has 1 unspecified atom stereocenters. The maximum absolute atomic E-state index is 12.4. The van der Waals surface area contributed by atoms with Gasteiger partial charge >= 0.3 is 6.03 Å². The normalized spacial score (nSPS) is 25.3. The first-order valence-corrected chi connectivity index (χ1v) is 7.44. The van der Waals surface area contributed by atoms with Crippen LogP contribution < -0.4 is 10.6 Å². The van der Waals surface area contributed by atoms with Crippen LogP contribution in [0.25, 0.3) is 0 Å². The molecular weight excluding hydrogens is 242 g/mol. The van der Waals surface area contributed by atoms with E-state index in [9.17, 15) is 9.59 Å². The molecule has 1 heterocycles. The Hall–Kier alpha value is -1.26. The van der Waals surface area contributed by atoms with Crippen molar-refractivity contribution in [1.82, 2.24) is 15.5 Å². The maximum atomic E-state index is 12.4. The van der Waals surface area contributed by atoms with E-state index in [1.807, 2.05) is 13.8 Å². The number of rotatable bonds is 2. The third-order valence-electron chi connectivity index (χ3n) is 4.08. The van der Waals surface area contributed by atoms with E-state index in [4.69, 9.17) is 0 Å². The molecule has 2 aliphatic rings. The summed E-state index contributed by atoms with van der Waals surface area (Å²) in [6.07, 6.45) is 5.79. The van der Waals surface area contributed by atoms with Gasteiger partial charge in [0.05, 0.1) is 0 Å². The number of carbonyl (C=O) groups excluding carboxylic acids is 2. The largest absolute Gasteiger partial charge is 0.353 e. The number of carbonyl (C=O) groups is 2. The van der Waals surface area contributed by atoms with E-state index in [2.05, 4.69) is 10.6 Å². The van der Waals surface area contributed by atoms with Gasteiger partial charge in [-0.25, -0.2) is 4.79 Å². The van der Waals surface area contributed by atoms with E-state index < -0.39 is 0 Å². The van der Waals surface area contributed by atoms with Crippen LogP contribution in [0.5, 0.6) is 0 Å².